The van der Waals surface area contributed by atoms with Gasteiger partial charge in [0.05, 0.1) is 41.6 Å². The third-order valence-electron chi connectivity index (χ3n) is 4.82. The van der Waals surface area contributed by atoms with Gasteiger partial charge < -0.3 is 5.32 Å². The number of anilines is 1. The molecule has 1 N–H and O–H groups in total. The third kappa shape index (κ3) is 3.26. The molecule has 0 saturated heterocycles. The number of amides is 1. The van der Waals surface area contributed by atoms with Crippen molar-refractivity contribution < 1.29 is 4.79 Å². The summed E-state index contributed by atoms with van der Waals surface area (Å²) in [6.07, 6.45) is 4.01. The maximum atomic E-state index is 12.9. The Morgan fingerprint density at radius 3 is 2.71 bits per heavy atom. The van der Waals surface area contributed by atoms with Gasteiger partial charge in [0.25, 0.3) is 5.91 Å². The second-order valence-corrected chi connectivity index (χ2v) is 6.76. The first kappa shape index (κ1) is 17.9. The van der Waals surface area contributed by atoms with Gasteiger partial charge in [0, 0.05) is 12.4 Å². The van der Waals surface area contributed by atoms with Gasteiger partial charge in [-0.15, -0.1) is 0 Å². The van der Waals surface area contributed by atoms with E-state index in [9.17, 15) is 4.79 Å². The lowest BCUT2D eigenvalue weighted by atomic mass is 10.1. The molecule has 0 aliphatic heterocycles. The van der Waals surface area contributed by atoms with Crippen molar-refractivity contribution in [3.05, 3.63) is 71.3 Å². The molecule has 4 aromatic rings. The smallest absolute Gasteiger partial charge is 0.259 e. The summed E-state index contributed by atoms with van der Waals surface area (Å²) in [5, 5.41) is 12.7. The number of benzene rings is 1. The van der Waals surface area contributed by atoms with Crippen molar-refractivity contribution in [2.45, 2.75) is 26.8 Å². The van der Waals surface area contributed by atoms with Crippen molar-refractivity contribution in [3.8, 4) is 0 Å². The number of nitrogens with one attached hydrogen (secondary N) is 1. The molecule has 0 radical (unpaired) electrons. The molecule has 3 heterocycles. The molecule has 4 rings (SSSR count). The number of carbonyl (C=O) groups is 1. The zero-order chi connectivity index (χ0) is 19.7. The molecular formula is C21H22N6O. The highest BCUT2D eigenvalue weighted by atomic mass is 16.1. The number of hydrogen-bond donors (Lipinski definition) is 1. The van der Waals surface area contributed by atoms with Gasteiger partial charge in [0.1, 0.15) is 0 Å². The molecule has 0 saturated carbocycles. The quantitative estimate of drug-likeness (QED) is 0.581. The molecule has 1 aromatic carbocycles. The fourth-order valence-corrected chi connectivity index (χ4v) is 3.44. The molecule has 7 heteroatoms. The second kappa shape index (κ2) is 7.26. The number of rotatable bonds is 5. The van der Waals surface area contributed by atoms with Gasteiger partial charge in [-0.05, 0) is 25.0 Å². The molecule has 28 heavy (non-hydrogen) atoms. The van der Waals surface area contributed by atoms with Crippen molar-refractivity contribution in [2.75, 3.05) is 5.32 Å². The lowest BCUT2D eigenvalue weighted by Gasteiger charge is -2.09. The second-order valence-electron chi connectivity index (χ2n) is 6.76. The molecule has 0 fully saturated rings. The van der Waals surface area contributed by atoms with Crippen LogP contribution in [0.5, 0.6) is 0 Å². The van der Waals surface area contributed by atoms with Gasteiger partial charge in [0.2, 0.25) is 0 Å². The van der Waals surface area contributed by atoms with Crippen LogP contribution in [-0.2, 0) is 20.0 Å². The summed E-state index contributed by atoms with van der Waals surface area (Å²) in [4.78, 5) is 17.3. The highest BCUT2D eigenvalue weighted by Gasteiger charge is 2.17. The average molecular weight is 374 g/mol. The lowest BCUT2D eigenvalue weighted by molar-refractivity contribution is 0.102. The monoisotopic (exact) mass is 374 g/mol. The number of carbonyl (C=O) groups excluding carboxylic acids is 1. The molecule has 0 aliphatic carbocycles. The topological polar surface area (TPSA) is 77.6 Å². The highest BCUT2D eigenvalue weighted by molar-refractivity contribution is 6.05. The van der Waals surface area contributed by atoms with E-state index in [0.717, 1.165) is 28.0 Å². The molecular weight excluding hydrogens is 352 g/mol. The number of pyridine rings is 1. The molecule has 0 unspecified atom stereocenters. The normalized spacial score (nSPS) is 11.1. The fraction of sp³-hybridized carbons (Fsp3) is 0.238. The van der Waals surface area contributed by atoms with Crippen LogP contribution in [0.2, 0.25) is 0 Å². The Hall–Kier alpha value is -3.48. The van der Waals surface area contributed by atoms with Crippen molar-refractivity contribution in [1.29, 1.82) is 0 Å². The molecule has 0 aliphatic rings. The lowest BCUT2D eigenvalue weighted by Crippen LogP contribution is -2.15. The van der Waals surface area contributed by atoms with E-state index in [4.69, 9.17) is 0 Å². The van der Waals surface area contributed by atoms with Crippen LogP contribution in [0.3, 0.4) is 0 Å². The van der Waals surface area contributed by atoms with Crippen LogP contribution in [-0.4, -0.2) is 30.5 Å². The first-order valence-corrected chi connectivity index (χ1v) is 9.26. The molecule has 1 amide bonds. The third-order valence-corrected chi connectivity index (χ3v) is 4.82. The van der Waals surface area contributed by atoms with Crippen molar-refractivity contribution >= 4 is 22.6 Å². The summed E-state index contributed by atoms with van der Waals surface area (Å²) >= 11 is 0. The summed E-state index contributed by atoms with van der Waals surface area (Å²) in [5.41, 5.74) is 4.96. The Labute approximate surface area is 163 Å². The number of hydrogen-bond acceptors (Lipinski definition) is 4. The fourth-order valence-electron chi connectivity index (χ4n) is 3.44. The maximum Gasteiger partial charge on any atom is 0.259 e. The Bertz CT molecular complexity index is 1140. The summed E-state index contributed by atoms with van der Waals surface area (Å²) < 4.78 is 3.62. The van der Waals surface area contributed by atoms with Crippen LogP contribution in [0.4, 0.5) is 5.69 Å². The Morgan fingerprint density at radius 2 is 1.96 bits per heavy atom. The van der Waals surface area contributed by atoms with E-state index in [2.05, 4.69) is 32.6 Å². The number of aromatic nitrogens is 5. The van der Waals surface area contributed by atoms with E-state index in [0.29, 0.717) is 24.2 Å². The minimum atomic E-state index is -0.182. The molecule has 142 valence electrons. The molecule has 7 nitrogen and oxygen atoms in total. The summed E-state index contributed by atoms with van der Waals surface area (Å²) in [7, 11) is 1.86. The van der Waals surface area contributed by atoms with Crippen LogP contribution in [0.1, 0.15) is 34.2 Å². The summed E-state index contributed by atoms with van der Waals surface area (Å²) in [6, 6.07) is 12.0. The molecule has 0 bridgehead atoms. The van der Waals surface area contributed by atoms with Gasteiger partial charge in [-0.25, -0.2) is 4.98 Å². The van der Waals surface area contributed by atoms with Gasteiger partial charge in [-0.3, -0.25) is 14.2 Å². The van der Waals surface area contributed by atoms with E-state index in [-0.39, 0.29) is 5.91 Å². The molecule has 3 aromatic heterocycles. The summed E-state index contributed by atoms with van der Waals surface area (Å²) in [6.45, 7) is 4.60. The zero-order valence-corrected chi connectivity index (χ0v) is 16.2. The number of fused-ring (bicyclic) bond motifs is 1. The largest absolute Gasteiger partial charge is 0.320 e. The first-order valence-electron chi connectivity index (χ1n) is 9.26. The van der Waals surface area contributed by atoms with Gasteiger partial charge in [0.15, 0.2) is 5.65 Å². The van der Waals surface area contributed by atoms with E-state index in [1.165, 1.54) is 0 Å². The van der Waals surface area contributed by atoms with E-state index < -0.39 is 0 Å². The SMILES string of the molecule is CCc1c(C(=O)Nc2cnc3c(c2)c(C)nn3C)cnn1Cc1ccccc1. The minimum Gasteiger partial charge on any atom is -0.320 e. The number of aryl methyl sites for hydroxylation is 2. The van der Waals surface area contributed by atoms with Crippen LogP contribution < -0.4 is 5.32 Å². The van der Waals surface area contributed by atoms with Crippen molar-refractivity contribution in [1.82, 2.24) is 24.5 Å². The maximum absolute atomic E-state index is 12.9. The molecule has 0 atom stereocenters. The Balaban J connectivity index is 1.59. The molecule has 0 spiro atoms. The van der Waals surface area contributed by atoms with Gasteiger partial charge in [-0.1, -0.05) is 37.3 Å². The zero-order valence-electron chi connectivity index (χ0n) is 16.2. The van der Waals surface area contributed by atoms with E-state index in [1.807, 2.05) is 49.8 Å². The Morgan fingerprint density at radius 1 is 1.18 bits per heavy atom. The highest BCUT2D eigenvalue weighted by Crippen LogP contribution is 2.20. The van der Waals surface area contributed by atoms with Crippen LogP contribution in [0.15, 0.2) is 48.8 Å². The van der Waals surface area contributed by atoms with E-state index >= 15 is 0 Å². The van der Waals surface area contributed by atoms with Gasteiger partial charge in [-0.2, -0.15) is 10.2 Å². The van der Waals surface area contributed by atoms with Crippen LogP contribution in [0, 0.1) is 6.92 Å². The summed E-state index contributed by atoms with van der Waals surface area (Å²) in [5.74, 6) is -0.182. The van der Waals surface area contributed by atoms with E-state index in [1.54, 1.807) is 17.1 Å². The number of nitrogens with zero attached hydrogens (tertiary/aromatic N) is 5. The predicted molar refractivity (Wildman–Crippen MR) is 108 cm³/mol. The minimum absolute atomic E-state index is 0.182. The van der Waals surface area contributed by atoms with Crippen LogP contribution in [0.25, 0.3) is 11.0 Å². The van der Waals surface area contributed by atoms with Gasteiger partial charge >= 0.3 is 0 Å². The van der Waals surface area contributed by atoms with Crippen molar-refractivity contribution in [3.63, 3.8) is 0 Å². The van der Waals surface area contributed by atoms with Crippen molar-refractivity contribution in [2.24, 2.45) is 7.05 Å². The van der Waals surface area contributed by atoms with Crippen LogP contribution >= 0.6 is 0 Å². The Kier molecular flexibility index (Phi) is 4.65. The first-order chi connectivity index (χ1) is 13.6. The predicted octanol–water partition coefficient (Wildman–Crippen LogP) is 3.34. The average Bonchev–Trinajstić information content (AvgIpc) is 3.23. The standard InChI is InChI=1S/C21H22N6O/c1-4-19-18(12-23-27(19)13-15-8-6-5-7-9-15)21(28)24-16-10-17-14(2)25-26(3)20(17)22-11-16/h5-12H,4,13H2,1-3H3,(H,24,28).